The van der Waals surface area contributed by atoms with Crippen LogP contribution >= 0.6 is 0 Å². The maximum atomic E-state index is 9.20. The number of nitriles is 1. The molecular formula is C17H16N2. The van der Waals surface area contributed by atoms with Crippen molar-refractivity contribution in [2.45, 2.75) is 32.1 Å². The molecule has 94 valence electrons. The SMILES string of the molecule is Cc1cccc(-c2ccc(C3(C#N)CC3)cn2)c1C. The molecule has 0 bridgehead atoms. The van der Waals surface area contributed by atoms with Crippen molar-refractivity contribution in [1.29, 1.82) is 5.26 Å². The van der Waals surface area contributed by atoms with Crippen LogP contribution in [0.2, 0.25) is 0 Å². The van der Waals surface area contributed by atoms with Gasteiger partial charge >= 0.3 is 0 Å². The zero-order chi connectivity index (χ0) is 13.5. The van der Waals surface area contributed by atoms with Gasteiger partial charge in [0.25, 0.3) is 0 Å². The van der Waals surface area contributed by atoms with Gasteiger partial charge in [0.05, 0.1) is 17.2 Å². The van der Waals surface area contributed by atoms with Gasteiger partial charge in [-0.25, -0.2) is 0 Å². The van der Waals surface area contributed by atoms with Crippen LogP contribution in [0.25, 0.3) is 11.3 Å². The molecule has 1 aromatic heterocycles. The van der Waals surface area contributed by atoms with Gasteiger partial charge in [-0.05, 0) is 49.4 Å². The average Bonchev–Trinajstić information content (AvgIpc) is 3.23. The quantitative estimate of drug-likeness (QED) is 0.807. The van der Waals surface area contributed by atoms with Crippen LogP contribution in [-0.2, 0) is 5.41 Å². The Bertz CT molecular complexity index is 659. The number of aromatic nitrogens is 1. The van der Waals surface area contributed by atoms with E-state index in [1.165, 1.54) is 16.7 Å². The first-order valence-corrected chi connectivity index (χ1v) is 6.61. The van der Waals surface area contributed by atoms with Crippen molar-refractivity contribution in [1.82, 2.24) is 4.98 Å². The van der Waals surface area contributed by atoms with Gasteiger partial charge in [0, 0.05) is 11.8 Å². The Morgan fingerprint density at radius 2 is 1.95 bits per heavy atom. The number of benzene rings is 1. The van der Waals surface area contributed by atoms with Gasteiger partial charge < -0.3 is 0 Å². The van der Waals surface area contributed by atoms with E-state index in [1.807, 2.05) is 12.3 Å². The molecule has 3 rings (SSSR count). The molecule has 2 aromatic rings. The van der Waals surface area contributed by atoms with Gasteiger partial charge in [-0.3, -0.25) is 4.98 Å². The highest BCUT2D eigenvalue weighted by atomic mass is 14.7. The monoisotopic (exact) mass is 248 g/mol. The normalized spacial score (nSPS) is 15.8. The third-order valence-corrected chi connectivity index (χ3v) is 4.16. The lowest BCUT2D eigenvalue weighted by Gasteiger charge is -2.10. The molecule has 1 aromatic carbocycles. The van der Waals surface area contributed by atoms with Gasteiger partial charge in [0.15, 0.2) is 0 Å². The molecule has 0 aliphatic heterocycles. The summed E-state index contributed by atoms with van der Waals surface area (Å²) in [6, 6.07) is 12.8. The van der Waals surface area contributed by atoms with Crippen molar-refractivity contribution in [3.05, 3.63) is 53.2 Å². The van der Waals surface area contributed by atoms with E-state index in [4.69, 9.17) is 0 Å². The number of rotatable bonds is 2. The molecule has 0 amide bonds. The highest BCUT2D eigenvalue weighted by Crippen LogP contribution is 2.47. The number of aryl methyl sites for hydroxylation is 1. The third kappa shape index (κ3) is 1.92. The minimum atomic E-state index is -0.243. The molecule has 1 fully saturated rings. The fraction of sp³-hybridized carbons (Fsp3) is 0.294. The van der Waals surface area contributed by atoms with Gasteiger partial charge in [-0.2, -0.15) is 5.26 Å². The molecule has 2 heteroatoms. The summed E-state index contributed by atoms with van der Waals surface area (Å²) in [6.45, 7) is 4.24. The zero-order valence-corrected chi connectivity index (χ0v) is 11.3. The molecule has 1 aliphatic rings. The molecule has 2 nitrogen and oxygen atoms in total. The summed E-state index contributed by atoms with van der Waals surface area (Å²) in [5.41, 5.74) is 5.52. The van der Waals surface area contributed by atoms with Crippen LogP contribution < -0.4 is 0 Å². The Morgan fingerprint density at radius 3 is 2.53 bits per heavy atom. The summed E-state index contributed by atoms with van der Waals surface area (Å²) in [4.78, 5) is 4.55. The summed E-state index contributed by atoms with van der Waals surface area (Å²) in [6.07, 6.45) is 3.80. The lowest BCUT2D eigenvalue weighted by molar-refractivity contribution is 0.898. The highest BCUT2D eigenvalue weighted by molar-refractivity contribution is 5.65. The Hall–Kier alpha value is -2.14. The second kappa shape index (κ2) is 4.20. The molecule has 19 heavy (non-hydrogen) atoms. The van der Waals surface area contributed by atoms with Crippen molar-refractivity contribution in [3.63, 3.8) is 0 Å². The minimum Gasteiger partial charge on any atom is -0.256 e. The topological polar surface area (TPSA) is 36.7 Å². The molecule has 0 radical (unpaired) electrons. The van der Waals surface area contributed by atoms with Crippen LogP contribution in [-0.4, -0.2) is 4.98 Å². The standard InChI is InChI=1S/C17H16N2/c1-12-4-3-5-15(13(12)2)16-7-6-14(10-19-16)17(11-18)8-9-17/h3-7,10H,8-9H2,1-2H3. The molecule has 1 heterocycles. The Morgan fingerprint density at radius 1 is 1.16 bits per heavy atom. The lowest BCUT2D eigenvalue weighted by Crippen LogP contribution is -2.03. The summed E-state index contributed by atoms with van der Waals surface area (Å²) < 4.78 is 0. The van der Waals surface area contributed by atoms with Crippen LogP contribution in [0.15, 0.2) is 36.5 Å². The van der Waals surface area contributed by atoms with E-state index in [1.54, 1.807) is 0 Å². The van der Waals surface area contributed by atoms with E-state index in [0.29, 0.717) is 0 Å². The van der Waals surface area contributed by atoms with Crippen LogP contribution in [0.4, 0.5) is 0 Å². The summed E-state index contributed by atoms with van der Waals surface area (Å²) >= 11 is 0. The van der Waals surface area contributed by atoms with Crippen LogP contribution in [0.1, 0.15) is 29.5 Å². The third-order valence-electron chi connectivity index (χ3n) is 4.16. The lowest BCUT2D eigenvalue weighted by atomic mass is 9.97. The molecular weight excluding hydrogens is 232 g/mol. The first kappa shape index (κ1) is 11.9. The molecule has 0 spiro atoms. The predicted molar refractivity (Wildman–Crippen MR) is 75.7 cm³/mol. The predicted octanol–water partition coefficient (Wildman–Crippen LogP) is 3.92. The zero-order valence-electron chi connectivity index (χ0n) is 11.3. The van der Waals surface area contributed by atoms with E-state index >= 15 is 0 Å². The Balaban J connectivity index is 2.00. The minimum absolute atomic E-state index is 0.243. The average molecular weight is 248 g/mol. The van der Waals surface area contributed by atoms with Crippen molar-refractivity contribution >= 4 is 0 Å². The summed E-state index contributed by atoms with van der Waals surface area (Å²) in [5, 5.41) is 9.20. The molecule has 1 aliphatic carbocycles. The number of hydrogen-bond donors (Lipinski definition) is 0. The van der Waals surface area contributed by atoms with E-state index in [-0.39, 0.29) is 5.41 Å². The van der Waals surface area contributed by atoms with E-state index in [2.05, 4.69) is 49.2 Å². The number of hydrogen-bond acceptors (Lipinski definition) is 2. The van der Waals surface area contributed by atoms with Gasteiger partial charge in [-0.1, -0.05) is 24.3 Å². The largest absolute Gasteiger partial charge is 0.256 e. The maximum absolute atomic E-state index is 9.20. The van der Waals surface area contributed by atoms with E-state index in [9.17, 15) is 5.26 Å². The molecule has 1 saturated carbocycles. The smallest absolute Gasteiger partial charge is 0.0838 e. The van der Waals surface area contributed by atoms with E-state index in [0.717, 1.165) is 24.1 Å². The van der Waals surface area contributed by atoms with Crippen LogP contribution in [0, 0.1) is 25.2 Å². The van der Waals surface area contributed by atoms with Crippen molar-refractivity contribution in [2.24, 2.45) is 0 Å². The number of pyridine rings is 1. The summed E-state index contributed by atoms with van der Waals surface area (Å²) in [5.74, 6) is 0. The highest BCUT2D eigenvalue weighted by Gasteiger charge is 2.45. The second-order valence-corrected chi connectivity index (χ2v) is 5.37. The first-order valence-electron chi connectivity index (χ1n) is 6.61. The molecule has 0 unspecified atom stereocenters. The van der Waals surface area contributed by atoms with Crippen LogP contribution in [0.3, 0.4) is 0 Å². The number of nitrogens with zero attached hydrogens (tertiary/aromatic N) is 2. The molecule has 0 saturated heterocycles. The maximum Gasteiger partial charge on any atom is 0.0838 e. The van der Waals surface area contributed by atoms with Crippen molar-refractivity contribution in [2.75, 3.05) is 0 Å². The van der Waals surface area contributed by atoms with Gasteiger partial charge in [0.1, 0.15) is 0 Å². The molecule has 0 atom stereocenters. The summed E-state index contributed by atoms with van der Waals surface area (Å²) in [7, 11) is 0. The van der Waals surface area contributed by atoms with Crippen molar-refractivity contribution in [3.8, 4) is 17.3 Å². The van der Waals surface area contributed by atoms with Gasteiger partial charge in [-0.15, -0.1) is 0 Å². The van der Waals surface area contributed by atoms with E-state index < -0.39 is 0 Å². The van der Waals surface area contributed by atoms with Crippen molar-refractivity contribution < 1.29 is 0 Å². The fourth-order valence-corrected chi connectivity index (χ4v) is 2.45. The molecule has 0 N–H and O–H groups in total. The fourth-order valence-electron chi connectivity index (χ4n) is 2.45. The first-order chi connectivity index (χ1) is 9.16. The Labute approximate surface area is 113 Å². The van der Waals surface area contributed by atoms with Gasteiger partial charge in [0.2, 0.25) is 0 Å². The van der Waals surface area contributed by atoms with Crippen LogP contribution in [0.5, 0.6) is 0 Å². The Kier molecular flexibility index (Phi) is 2.64. The second-order valence-electron chi connectivity index (χ2n) is 5.37.